The van der Waals surface area contributed by atoms with Gasteiger partial charge in [-0.2, -0.15) is 4.68 Å². The Balaban J connectivity index is 1.62. The number of nitrogens with zero attached hydrogens (tertiary/aromatic N) is 5. The molecule has 2 N–H and O–H groups in total. The fourth-order valence-corrected chi connectivity index (χ4v) is 3.40. The molecule has 0 aliphatic carbocycles. The maximum absolute atomic E-state index is 9.94. The second-order valence-corrected chi connectivity index (χ2v) is 6.26. The second-order valence-electron chi connectivity index (χ2n) is 5.32. The van der Waals surface area contributed by atoms with Crippen LogP contribution in [0.1, 0.15) is 5.56 Å². The summed E-state index contributed by atoms with van der Waals surface area (Å²) in [7, 11) is 0. The number of phenols is 2. The number of rotatable bonds is 4. The van der Waals surface area contributed by atoms with Gasteiger partial charge in [0.05, 0.1) is 5.69 Å². The molecule has 0 aliphatic heterocycles. The first-order valence-electron chi connectivity index (χ1n) is 7.48. The fourth-order valence-electron chi connectivity index (χ4n) is 2.51. The van der Waals surface area contributed by atoms with Crippen LogP contribution in [0.3, 0.4) is 0 Å². The molecule has 0 saturated heterocycles. The molecule has 0 amide bonds. The summed E-state index contributed by atoms with van der Waals surface area (Å²) in [4.78, 5) is 4.23. The van der Waals surface area contributed by atoms with Gasteiger partial charge >= 0.3 is 0 Å². The lowest BCUT2D eigenvalue weighted by Gasteiger charge is -2.08. The zero-order valence-corrected chi connectivity index (χ0v) is 13.8. The van der Waals surface area contributed by atoms with Crippen LogP contribution in [0.15, 0.2) is 59.9 Å². The third-order valence-electron chi connectivity index (χ3n) is 3.73. The van der Waals surface area contributed by atoms with E-state index in [4.69, 9.17) is 0 Å². The van der Waals surface area contributed by atoms with E-state index in [1.807, 2.05) is 18.2 Å². The molecule has 4 rings (SSSR count). The van der Waals surface area contributed by atoms with Gasteiger partial charge in [0.15, 0.2) is 0 Å². The van der Waals surface area contributed by atoms with Crippen LogP contribution in [-0.4, -0.2) is 35.4 Å². The minimum atomic E-state index is 0.165. The lowest BCUT2D eigenvalue weighted by molar-refractivity contribution is 0.475. The number of hydrogen-bond acceptors (Lipinski definition) is 7. The van der Waals surface area contributed by atoms with Crippen LogP contribution >= 0.6 is 11.8 Å². The minimum Gasteiger partial charge on any atom is -0.508 e. The van der Waals surface area contributed by atoms with E-state index in [-0.39, 0.29) is 11.5 Å². The third-order valence-corrected chi connectivity index (χ3v) is 4.70. The average molecular weight is 351 g/mol. The van der Waals surface area contributed by atoms with Crippen molar-refractivity contribution in [1.29, 1.82) is 0 Å². The molecular formula is C17H13N5O2S. The Labute approximate surface area is 147 Å². The Morgan fingerprint density at radius 3 is 2.68 bits per heavy atom. The molecule has 0 atom stereocenters. The van der Waals surface area contributed by atoms with Crippen molar-refractivity contribution in [2.45, 2.75) is 10.9 Å². The number of tetrazole rings is 1. The van der Waals surface area contributed by atoms with Crippen molar-refractivity contribution >= 4 is 22.7 Å². The Kier molecular flexibility index (Phi) is 3.95. The third kappa shape index (κ3) is 2.99. The van der Waals surface area contributed by atoms with Crippen molar-refractivity contribution in [3.8, 4) is 17.2 Å². The van der Waals surface area contributed by atoms with Gasteiger partial charge in [0.2, 0.25) is 5.16 Å². The highest BCUT2D eigenvalue weighted by atomic mass is 32.2. The topological polar surface area (TPSA) is 97.0 Å². The first-order chi connectivity index (χ1) is 12.2. The van der Waals surface area contributed by atoms with Gasteiger partial charge in [0.1, 0.15) is 17.0 Å². The van der Waals surface area contributed by atoms with Gasteiger partial charge in [-0.1, -0.05) is 23.9 Å². The highest BCUT2D eigenvalue weighted by molar-refractivity contribution is 7.98. The SMILES string of the molecule is Oc1ccc(-n2nnnc2SCc2ccc(O)c3ncccc23)cc1. The van der Waals surface area contributed by atoms with Crippen molar-refractivity contribution < 1.29 is 10.2 Å². The largest absolute Gasteiger partial charge is 0.508 e. The van der Waals surface area contributed by atoms with Crippen molar-refractivity contribution in [3.63, 3.8) is 0 Å². The van der Waals surface area contributed by atoms with Gasteiger partial charge in [0, 0.05) is 17.3 Å². The monoisotopic (exact) mass is 351 g/mol. The molecule has 2 aromatic carbocycles. The van der Waals surface area contributed by atoms with E-state index in [1.165, 1.54) is 11.8 Å². The Hall–Kier alpha value is -3.13. The van der Waals surface area contributed by atoms with E-state index in [9.17, 15) is 10.2 Å². The molecule has 124 valence electrons. The Morgan fingerprint density at radius 1 is 1.00 bits per heavy atom. The van der Waals surface area contributed by atoms with E-state index in [1.54, 1.807) is 41.2 Å². The number of hydrogen-bond donors (Lipinski definition) is 2. The number of thioether (sulfide) groups is 1. The highest BCUT2D eigenvalue weighted by Crippen LogP contribution is 2.30. The van der Waals surface area contributed by atoms with Crippen LogP contribution in [0.25, 0.3) is 16.6 Å². The van der Waals surface area contributed by atoms with Crippen molar-refractivity contribution in [3.05, 3.63) is 60.3 Å². The standard InChI is InChI=1S/C17H13N5O2S/c23-13-6-4-12(5-7-13)22-17(19-20-21-22)25-10-11-3-8-15(24)16-14(11)2-1-9-18-16/h1-9,23-24H,10H2. The van der Waals surface area contributed by atoms with Crippen LogP contribution in [0.2, 0.25) is 0 Å². The zero-order valence-electron chi connectivity index (χ0n) is 12.9. The number of pyridine rings is 1. The maximum Gasteiger partial charge on any atom is 0.214 e. The van der Waals surface area contributed by atoms with Crippen LogP contribution < -0.4 is 0 Å². The molecule has 25 heavy (non-hydrogen) atoms. The Bertz CT molecular complexity index is 1030. The van der Waals surface area contributed by atoms with Crippen LogP contribution in [0.5, 0.6) is 11.5 Å². The molecule has 0 aliphatic rings. The first-order valence-corrected chi connectivity index (χ1v) is 8.47. The molecule has 2 heterocycles. The quantitative estimate of drug-likeness (QED) is 0.546. The molecule has 0 saturated carbocycles. The molecule has 2 aromatic heterocycles. The lowest BCUT2D eigenvalue weighted by atomic mass is 10.1. The van der Waals surface area contributed by atoms with Crippen LogP contribution in [0.4, 0.5) is 0 Å². The molecule has 0 spiro atoms. The number of fused-ring (bicyclic) bond motifs is 1. The van der Waals surface area contributed by atoms with Gasteiger partial charge in [-0.3, -0.25) is 4.98 Å². The summed E-state index contributed by atoms with van der Waals surface area (Å²) in [6.07, 6.45) is 1.66. The number of phenolic OH excluding ortho intramolecular Hbond substituents is 2. The summed E-state index contributed by atoms with van der Waals surface area (Å²) >= 11 is 1.48. The molecule has 7 nitrogen and oxygen atoms in total. The van der Waals surface area contributed by atoms with E-state index in [0.717, 1.165) is 16.6 Å². The van der Waals surface area contributed by atoms with E-state index >= 15 is 0 Å². The summed E-state index contributed by atoms with van der Waals surface area (Å²) in [5, 5.41) is 32.7. The number of aromatic hydroxyl groups is 2. The maximum atomic E-state index is 9.94. The molecule has 0 radical (unpaired) electrons. The summed E-state index contributed by atoms with van der Waals surface area (Å²) in [5.41, 5.74) is 2.38. The predicted molar refractivity (Wildman–Crippen MR) is 93.8 cm³/mol. The number of aromatic nitrogens is 5. The number of benzene rings is 2. The van der Waals surface area contributed by atoms with Gasteiger partial charge in [-0.05, 0) is 52.4 Å². The summed E-state index contributed by atoms with van der Waals surface area (Å²) < 4.78 is 1.62. The van der Waals surface area contributed by atoms with Gasteiger partial charge in [-0.15, -0.1) is 5.10 Å². The van der Waals surface area contributed by atoms with E-state index < -0.39 is 0 Å². The highest BCUT2D eigenvalue weighted by Gasteiger charge is 2.12. The average Bonchev–Trinajstić information content (AvgIpc) is 3.11. The van der Waals surface area contributed by atoms with Gasteiger partial charge in [-0.25, -0.2) is 0 Å². The molecule has 0 bridgehead atoms. The minimum absolute atomic E-state index is 0.165. The summed E-state index contributed by atoms with van der Waals surface area (Å²) in [6.45, 7) is 0. The predicted octanol–water partition coefficient (Wildman–Crippen LogP) is 2.91. The fraction of sp³-hybridized carbons (Fsp3) is 0.0588. The van der Waals surface area contributed by atoms with Crippen LogP contribution in [-0.2, 0) is 5.75 Å². The summed E-state index contributed by atoms with van der Waals surface area (Å²) in [5.74, 6) is 0.980. The molecule has 4 aromatic rings. The lowest BCUT2D eigenvalue weighted by Crippen LogP contribution is -1.99. The summed E-state index contributed by atoms with van der Waals surface area (Å²) in [6, 6.07) is 14.0. The Morgan fingerprint density at radius 2 is 1.84 bits per heavy atom. The second kappa shape index (κ2) is 6.40. The molecule has 0 fully saturated rings. The van der Waals surface area contributed by atoms with Crippen molar-refractivity contribution in [2.75, 3.05) is 0 Å². The molecular weight excluding hydrogens is 338 g/mol. The zero-order chi connectivity index (χ0) is 17.2. The smallest absolute Gasteiger partial charge is 0.214 e. The van der Waals surface area contributed by atoms with Gasteiger partial charge < -0.3 is 10.2 Å². The normalized spacial score (nSPS) is 11.0. The first kappa shape index (κ1) is 15.4. The van der Waals surface area contributed by atoms with Crippen molar-refractivity contribution in [1.82, 2.24) is 25.2 Å². The molecule has 8 heteroatoms. The molecule has 0 unspecified atom stereocenters. The van der Waals surface area contributed by atoms with E-state index in [2.05, 4.69) is 20.5 Å². The van der Waals surface area contributed by atoms with E-state index in [0.29, 0.717) is 16.4 Å². The van der Waals surface area contributed by atoms with Gasteiger partial charge in [0.25, 0.3) is 0 Å². The van der Waals surface area contributed by atoms with Crippen molar-refractivity contribution in [2.24, 2.45) is 0 Å². The van der Waals surface area contributed by atoms with Crippen LogP contribution in [0, 0.1) is 0 Å².